The first-order chi connectivity index (χ1) is 11.6. The standard InChI is InChI=1S/C18H27N3O3/c1-3-24-18(23)21-10-8-16(9-11-21)19-13-17(22)20-12-15-6-4-14(2)5-7-15/h4-7,16,19H,3,8-13H2,1-2H3,(H,20,22). The maximum Gasteiger partial charge on any atom is 0.409 e. The van der Waals surface area contributed by atoms with Crippen LogP contribution < -0.4 is 10.6 Å². The lowest BCUT2D eigenvalue weighted by atomic mass is 10.1. The van der Waals surface area contributed by atoms with Gasteiger partial charge in [0.25, 0.3) is 0 Å². The van der Waals surface area contributed by atoms with Crippen molar-refractivity contribution in [3.8, 4) is 0 Å². The van der Waals surface area contributed by atoms with Crippen LogP contribution in [0.5, 0.6) is 0 Å². The summed E-state index contributed by atoms with van der Waals surface area (Å²) < 4.78 is 5.00. The Hall–Kier alpha value is -2.08. The first-order valence-corrected chi connectivity index (χ1v) is 8.55. The molecule has 0 aromatic heterocycles. The van der Waals surface area contributed by atoms with Crippen LogP contribution in [0.3, 0.4) is 0 Å². The van der Waals surface area contributed by atoms with Crippen molar-refractivity contribution >= 4 is 12.0 Å². The SMILES string of the molecule is CCOC(=O)N1CCC(NCC(=O)NCc2ccc(C)cc2)CC1. The fourth-order valence-corrected chi connectivity index (χ4v) is 2.69. The molecule has 0 unspecified atom stereocenters. The summed E-state index contributed by atoms with van der Waals surface area (Å²) in [4.78, 5) is 25.3. The van der Waals surface area contributed by atoms with Gasteiger partial charge in [0, 0.05) is 25.7 Å². The van der Waals surface area contributed by atoms with Gasteiger partial charge in [-0.25, -0.2) is 4.79 Å². The number of hydrogen-bond acceptors (Lipinski definition) is 4. The lowest BCUT2D eigenvalue weighted by Gasteiger charge is -2.31. The molecule has 0 spiro atoms. The van der Waals surface area contributed by atoms with Crippen LogP contribution >= 0.6 is 0 Å². The molecule has 6 nitrogen and oxygen atoms in total. The minimum absolute atomic E-state index is 0.0107. The van der Waals surface area contributed by atoms with E-state index >= 15 is 0 Å². The number of hydrogen-bond donors (Lipinski definition) is 2. The fourth-order valence-electron chi connectivity index (χ4n) is 2.69. The Morgan fingerprint density at radius 3 is 2.50 bits per heavy atom. The highest BCUT2D eigenvalue weighted by atomic mass is 16.6. The molecule has 0 radical (unpaired) electrons. The van der Waals surface area contributed by atoms with Crippen LogP contribution in [-0.4, -0.2) is 49.2 Å². The second-order valence-corrected chi connectivity index (χ2v) is 6.10. The van der Waals surface area contributed by atoms with Crippen LogP contribution in [0, 0.1) is 6.92 Å². The molecule has 1 fully saturated rings. The monoisotopic (exact) mass is 333 g/mol. The zero-order valence-electron chi connectivity index (χ0n) is 14.5. The lowest BCUT2D eigenvalue weighted by molar-refractivity contribution is -0.120. The van der Waals surface area contributed by atoms with Crippen molar-refractivity contribution in [1.29, 1.82) is 0 Å². The summed E-state index contributed by atoms with van der Waals surface area (Å²) in [5.41, 5.74) is 2.30. The van der Waals surface area contributed by atoms with E-state index in [2.05, 4.69) is 10.6 Å². The fraction of sp³-hybridized carbons (Fsp3) is 0.556. The summed E-state index contributed by atoms with van der Waals surface area (Å²) in [6, 6.07) is 8.39. The molecule has 0 atom stereocenters. The first-order valence-electron chi connectivity index (χ1n) is 8.55. The van der Waals surface area contributed by atoms with Crippen LogP contribution in [0.15, 0.2) is 24.3 Å². The molecular weight excluding hydrogens is 306 g/mol. The van der Waals surface area contributed by atoms with Gasteiger partial charge in [-0.1, -0.05) is 29.8 Å². The molecule has 2 N–H and O–H groups in total. The summed E-state index contributed by atoms with van der Waals surface area (Å²) in [5, 5.41) is 6.18. The average Bonchev–Trinajstić information content (AvgIpc) is 2.60. The van der Waals surface area contributed by atoms with Crippen molar-refractivity contribution < 1.29 is 14.3 Å². The smallest absolute Gasteiger partial charge is 0.409 e. The highest BCUT2D eigenvalue weighted by Crippen LogP contribution is 2.11. The number of rotatable bonds is 6. The van der Waals surface area contributed by atoms with E-state index in [0.717, 1.165) is 18.4 Å². The van der Waals surface area contributed by atoms with Gasteiger partial charge in [-0.3, -0.25) is 4.79 Å². The second-order valence-electron chi connectivity index (χ2n) is 6.10. The maximum atomic E-state index is 11.9. The van der Waals surface area contributed by atoms with Crippen molar-refractivity contribution in [2.45, 2.75) is 39.3 Å². The molecule has 0 aliphatic carbocycles. The Morgan fingerprint density at radius 1 is 1.21 bits per heavy atom. The highest BCUT2D eigenvalue weighted by molar-refractivity contribution is 5.78. The molecule has 2 amide bonds. The zero-order valence-corrected chi connectivity index (χ0v) is 14.5. The van der Waals surface area contributed by atoms with Crippen LogP contribution in [0.1, 0.15) is 30.9 Å². The third-order valence-corrected chi connectivity index (χ3v) is 4.18. The van der Waals surface area contributed by atoms with Gasteiger partial charge in [0.1, 0.15) is 0 Å². The minimum Gasteiger partial charge on any atom is -0.450 e. The van der Waals surface area contributed by atoms with Crippen molar-refractivity contribution in [1.82, 2.24) is 15.5 Å². The number of nitrogens with one attached hydrogen (secondary N) is 2. The number of carbonyl (C=O) groups is 2. The number of nitrogens with zero attached hydrogens (tertiary/aromatic N) is 1. The molecule has 24 heavy (non-hydrogen) atoms. The van der Waals surface area contributed by atoms with Crippen LogP contribution in [-0.2, 0) is 16.1 Å². The van der Waals surface area contributed by atoms with Gasteiger partial charge in [0.2, 0.25) is 5.91 Å². The predicted molar refractivity (Wildman–Crippen MR) is 92.6 cm³/mol. The van der Waals surface area contributed by atoms with Crippen molar-refractivity contribution in [3.63, 3.8) is 0 Å². The molecule has 1 aliphatic rings. The van der Waals surface area contributed by atoms with E-state index in [9.17, 15) is 9.59 Å². The Labute approximate surface area is 143 Å². The van der Waals surface area contributed by atoms with Gasteiger partial charge < -0.3 is 20.3 Å². The number of ether oxygens (including phenoxy) is 1. The topological polar surface area (TPSA) is 70.7 Å². The van der Waals surface area contributed by atoms with Crippen LogP contribution in [0.25, 0.3) is 0 Å². The van der Waals surface area contributed by atoms with E-state index in [1.165, 1.54) is 5.56 Å². The van der Waals surface area contributed by atoms with Gasteiger partial charge >= 0.3 is 6.09 Å². The van der Waals surface area contributed by atoms with Crippen LogP contribution in [0.2, 0.25) is 0 Å². The van der Waals surface area contributed by atoms with Crippen LogP contribution in [0.4, 0.5) is 4.79 Å². The normalized spacial score (nSPS) is 15.2. The molecule has 1 aromatic carbocycles. The van der Waals surface area contributed by atoms with E-state index in [4.69, 9.17) is 4.74 Å². The Balaban J connectivity index is 1.62. The Bertz CT molecular complexity index is 537. The minimum atomic E-state index is -0.244. The van der Waals surface area contributed by atoms with Crippen molar-refractivity contribution in [2.75, 3.05) is 26.2 Å². The number of piperidine rings is 1. The van der Waals surface area contributed by atoms with Gasteiger partial charge in [0.05, 0.1) is 13.2 Å². The number of benzene rings is 1. The summed E-state index contributed by atoms with van der Waals surface area (Å²) in [6.45, 7) is 6.43. The van der Waals surface area contributed by atoms with Gasteiger partial charge in [-0.15, -0.1) is 0 Å². The summed E-state index contributed by atoms with van der Waals surface area (Å²) in [6.07, 6.45) is 1.43. The molecular formula is C18H27N3O3. The molecule has 6 heteroatoms. The van der Waals surface area contributed by atoms with E-state index in [0.29, 0.717) is 32.8 Å². The summed E-state index contributed by atoms with van der Waals surface area (Å²) >= 11 is 0. The average molecular weight is 333 g/mol. The first kappa shape index (κ1) is 18.3. The van der Waals surface area contributed by atoms with Gasteiger partial charge in [-0.2, -0.15) is 0 Å². The number of aryl methyl sites for hydroxylation is 1. The Morgan fingerprint density at radius 2 is 1.88 bits per heavy atom. The zero-order chi connectivity index (χ0) is 17.4. The molecule has 0 bridgehead atoms. The highest BCUT2D eigenvalue weighted by Gasteiger charge is 2.23. The number of amides is 2. The largest absolute Gasteiger partial charge is 0.450 e. The van der Waals surface area contributed by atoms with Gasteiger partial charge in [0.15, 0.2) is 0 Å². The van der Waals surface area contributed by atoms with Crippen molar-refractivity contribution in [3.05, 3.63) is 35.4 Å². The second kappa shape index (κ2) is 9.27. The maximum absolute atomic E-state index is 11.9. The van der Waals surface area contributed by atoms with E-state index in [-0.39, 0.29) is 18.0 Å². The molecule has 1 heterocycles. The van der Waals surface area contributed by atoms with E-state index < -0.39 is 0 Å². The van der Waals surface area contributed by atoms with Gasteiger partial charge in [-0.05, 0) is 32.3 Å². The third-order valence-electron chi connectivity index (χ3n) is 4.18. The Kier molecular flexibility index (Phi) is 7.06. The third kappa shape index (κ3) is 5.85. The lowest BCUT2D eigenvalue weighted by Crippen LogP contribution is -2.47. The van der Waals surface area contributed by atoms with E-state index in [1.807, 2.05) is 31.2 Å². The molecule has 1 aliphatic heterocycles. The molecule has 132 valence electrons. The molecule has 1 aromatic rings. The van der Waals surface area contributed by atoms with E-state index in [1.54, 1.807) is 11.8 Å². The quantitative estimate of drug-likeness (QED) is 0.833. The molecule has 2 rings (SSSR count). The number of likely N-dealkylation sites (tertiary alicyclic amines) is 1. The van der Waals surface area contributed by atoms with Crippen molar-refractivity contribution in [2.24, 2.45) is 0 Å². The molecule has 1 saturated heterocycles. The molecule has 0 saturated carbocycles. The summed E-state index contributed by atoms with van der Waals surface area (Å²) in [5.74, 6) is -0.0107. The number of carbonyl (C=O) groups excluding carboxylic acids is 2. The summed E-state index contributed by atoms with van der Waals surface area (Å²) in [7, 11) is 0. The predicted octanol–water partition coefficient (Wildman–Crippen LogP) is 1.82.